The topological polar surface area (TPSA) is 68.2 Å². The minimum Gasteiger partial charge on any atom is -0.300 e. The molecule has 0 aromatic rings. The maximum atomic E-state index is 12.2. The molecular formula is C10H15N5O2S. The number of hydrogen-bond acceptors (Lipinski definition) is 5. The van der Waals surface area contributed by atoms with E-state index in [4.69, 9.17) is 0 Å². The summed E-state index contributed by atoms with van der Waals surface area (Å²) < 4.78 is 0. The van der Waals surface area contributed by atoms with Crippen LogP contribution in [0.1, 0.15) is 13.8 Å². The van der Waals surface area contributed by atoms with Gasteiger partial charge in [-0.3, -0.25) is 24.9 Å². The molecule has 2 fully saturated rings. The van der Waals surface area contributed by atoms with E-state index in [2.05, 4.69) is 10.5 Å². The fraction of sp³-hybridized carbons (Fsp3) is 0.700. The standard InChI is InChI=1S/C10H15N5O2S/c1-3-13-7-8(14(4-2)10(13)17)15-6(16)5-18-9(15)12-11-7/h7-8,11H,3-5H2,1-2H3/t7-,8-/m1/s1. The normalized spacial score (nSPS) is 30.3. The van der Waals surface area contributed by atoms with Crippen LogP contribution in [0.3, 0.4) is 0 Å². The number of urea groups is 1. The molecule has 18 heavy (non-hydrogen) atoms. The first-order valence-electron chi connectivity index (χ1n) is 6.04. The number of amides is 3. The lowest BCUT2D eigenvalue weighted by molar-refractivity contribution is -0.128. The smallest absolute Gasteiger partial charge is 0.300 e. The number of nitrogens with one attached hydrogen (secondary N) is 1. The molecule has 2 saturated heterocycles. The van der Waals surface area contributed by atoms with Gasteiger partial charge in [-0.15, -0.1) is 0 Å². The van der Waals surface area contributed by atoms with Gasteiger partial charge in [-0.05, 0) is 13.8 Å². The van der Waals surface area contributed by atoms with Crippen molar-refractivity contribution in [1.82, 2.24) is 20.1 Å². The Morgan fingerprint density at radius 1 is 1.33 bits per heavy atom. The Kier molecular flexibility index (Phi) is 2.61. The molecule has 8 heteroatoms. The number of nitrogens with zero attached hydrogens (tertiary/aromatic N) is 4. The van der Waals surface area contributed by atoms with Crippen LogP contribution in [0.25, 0.3) is 0 Å². The maximum Gasteiger partial charge on any atom is 0.323 e. The van der Waals surface area contributed by atoms with Crippen LogP contribution in [0.2, 0.25) is 0 Å². The summed E-state index contributed by atoms with van der Waals surface area (Å²) in [4.78, 5) is 29.3. The summed E-state index contributed by atoms with van der Waals surface area (Å²) in [6, 6.07) is -0.0383. The molecule has 3 heterocycles. The highest BCUT2D eigenvalue weighted by atomic mass is 32.2. The van der Waals surface area contributed by atoms with Crippen LogP contribution in [0.4, 0.5) is 4.79 Å². The van der Waals surface area contributed by atoms with Crippen molar-refractivity contribution < 1.29 is 9.59 Å². The third-order valence-corrected chi connectivity index (χ3v) is 4.40. The number of fused-ring (bicyclic) bond motifs is 3. The number of carbonyl (C=O) groups is 2. The van der Waals surface area contributed by atoms with Gasteiger partial charge < -0.3 is 0 Å². The summed E-state index contributed by atoms with van der Waals surface area (Å²) >= 11 is 1.41. The van der Waals surface area contributed by atoms with E-state index in [0.717, 1.165) is 0 Å². The molecule has 0 aromatic heterocycles. The Balaban J connectivity index is 2.01. The number of carbonyl (C=O) groups excluding carboxylic acids is 2. The van der Waals surface area contributed by atoms with E-state index < -0.39 is 0 Å². The Morgan fingerprint density at radius 3 is 2.72 bits per heavy atom. The van der Waals surface area contributed by atoms with Gasteiger partial charge in [-0.25, -0.2) is 4.79 Å². The Hall–Kier alpha value is -1.44. The zero-order valence-corrected chi connectivity index (χ0v) is 11.1. The summed E-state index contributed by atoms with van der Waals surface area (Å²) in [5.74, 6) is 0.432. The van der Waals surface area contributed by atoms with Crippen molar-refractivity contribution in [3.05, 3.63) is 0 Å². The highest BCUT2D eigenvalue weighted by Gasteiger charge is 2.53. The Morgan fingerprint density at radius 2 is 2.06 bits per heavy atom. The second kappa shape index (κ2) is 4.04. The average molecular weight is 269 g/mol. The summed E-state index contributed by atoms with van der Waals surface area (Å²) in [5.41, 5.74) is 3.01. The van der Waals surface area contributed by atoms with E-state index >= 15 is 0 Å². The van der Waals surface area contributed by atoms with Crippen molar-refractivity contribution in [2.45, 2.75) is 26.2 Å². The van der Waals surface area contributed by atoms with E-state index in [-0.39, 0.29) is 24.3 Å². The molecule has 0 radical (unpaired) electrons. The van der Waals surface area contributed by atoms with Crippen LogP contribution in [0.5, 0.6) is 0 Å². The molecule has 1 N–H and O–H groups in total. The lowest BCUT2D eigenvalue weighted by atomic mass is 10.3. The number of hydrazone groups is 1. The quantitative estimate of drug-likeness (QED) is 0.758. The average Bonchev–Trinajstić information content (AvgIpc) is 2.87. The van der Waals surface area contributed by atoms with Crippen LogP contribution in [0.15, 0.2) is 5.10 Å². The lowest BCUT2D eigenvalue weighted by Gasteiger charge is -2.36. The van der Waals surface area contributed by atoms with Crippen LogP contribution in [0, 0.1) is 0 Å². The van der Waals surface area contributed by atoms with Crippen LogP contribution in [-0.2, 0) is 4.79 Å². The summed E-state index contributed by atoms with van der Waals surface area (Å²) in [5, 5.41) is 4.87. The predicted molar refractivity (Wildman–Crippen MR) is 67.6 cm³/mol. The molecule has 0 unspecified atom stereocenters. The van der Waals surface area contributed by atoms with Crippen molar-refractivity contribution in [3.8, 4) is 0 Å². The first kappa shape index (κ1) is 11.6. The number of likely N-dealkylation sites (N-methyl/N-ethyl adjacent to an activating group) is 2. The third kappa shape index (κ3) is 1.35. The second-order valence-corrected chi connectivity index (χ2v) is 5.23. The minimum atomic E-state index is -0.266. The number of hydrogen-bond donors (Lipinski definition) is 1. The predicted octanol–water partition coefficient (Wildman–Crippen LogP) is -0.134. The zero-order chi connectivity index (χ0) is 12.9. The molecule has 0 saturated carbocycles. The molecular weight excluding hydrogens is 254 g/mol. The third-order valence-electron chi connectivity index (χ3n) is 3.47. The molecule has 0 aliphatic carbocycles. The van der Waals surface area contributed by atoms with Crippen LogP contribution >= 0.6 is 11.8 Å². The van der Waals surface area contributed by atoms with Crippen molar-refractivity contribution in [1.29, 1.82) is 0 Å². The largest absolute Gasteiger partial charge is 0.323 e. The molecule has 0 bridgehead atoms. The Labute approximate surface area is 109 Å². The summed E-state index contributed by atoms with van der Waals surface area (Å²) in [7, 11) is 0. The molecule has 3 aliphatic heterocycles. The monoisotopic (exact) mass is 269 g/mol. The van der Waals surface area contributed by atoms with E-state index in [1.807, 2.05) is 13.8 Å². The SMILES string of the molecule is CCN1C(=O)N(CC)[C@H]2NN=C3SCC(=O)N3[C@H]21. The number of thioether (sulfide) groups is 1. The van der Waals surface area contributed by atoms with Gasteiger partial charge in [0.05, 0.1) is 5.75 Å². The van der Waals surface area contributed by atoms with Crippen molar-refractivity contribution >= 4 is 28.9 Å². The first-order chi connectivity index (χ1) is 8.69. The van der Waals surface area contributed by atoms with Gasteiger partial charge in [0.15, 0.2) is 17.5 Å². The van der Waals surface area contributed by atoms with E-state index in [0.29, 0.717) is 24.0 Å². The van der Waals surface area contributed by atoms with Crippen LogP contribution < -0.4 is 5.43 Å². The molecule has 3 rings (SSSR count). The van der Waals surface area contributed by atoms with Gasteiger partial charge in [0.2, 0.25) is 5.91 Å². The Bertz CT molecular complexity index is 440. The van der Waals surface area contributed by atoms with E-state index in [1.165, 1.54) is 11.8 Å². The van der Waals surface area contributed by atoms with E-state index in [9.17, 15) is 9.59 Å². The number of amidine groups is 1. The molecule has 0 spiro atoms. The molecule has 0 aromatic carbocycles. The van der Waals surface area contributed by atoms with Gasteiger partial charge in [-0.1, -0.05) is 11.8 Å². The molecule has 3 amide bonds. The van der Waals surface area contributed by atoms with E-state index in [1.54, 1.807) is 14.7 Å². The van der Waals surface area contributed by atoms with Gasteiger partial charge >= 0.3 is 6.03 Å². The maximum absolute atomic E-state index is 12.2. The molecule has 2 atom stereocenters. The van der Waals surface area contributed by atoms with Crippen molar-refractivity contribution in [2.24, 2.45) is 5.10 Å². The second-order valence-electron chi connectivity index (χ2n) is 4.29. The van der Waals surface area contributed by atoms with Gasteiger partial charge in [0.1, 0.15) is 0 Å². The summed E-state index contributed by atoms with van der Waals surface area (Å²) in [6.45, 7) is 5.03. The highest BCUT2D eigenvalue weighted by molar-refractivity contribution is 8.15. The zero-order valence-electron chi connectivity index (χ0n) is 10.3. The van der Waals surface area contributed by atoms with Crippen LogP contribution in [-0.4, -0.2) is 63.0 Å². The number of rotatable bonds is 2. The van der Waals surface area contributed by atoms with Gasteiger partial charge in [-0.2, -0.15) is 5.10 Å². The fourth-order valence-corrected chi connectivity index (χ4v) is 3.50. The van der Waals surface area contributed by atoms with Gasteiger partial charge in [0.25, 0.3) is 0 Å². The summed E-state index contributed by atoms with van der Waals surface area (Å²) in [6.07, 6.45) is -0.508. The minimum absolute atomic E-state index is 0.0273. The van der Waals surface area contributed by atoms with Gasteiger partial charge in [0, 0.05) is 13.1 Å². The van der Waals surface area contributed by atoms with Crippen molar-refractivity contribution in [3.63, 3.8) is 0 Å². The lowest BCUT2D eigenvalue weighted by Crippen LogP contribution is -2.60. The molecule has 98 valence electrons. The fourth-order valence-electron chi connectivity index (χ4n) is 2.64. The molecule has 3 aliphatic rings. The molecule has 7 nitrogen and oxygen atoms in total. The van der Waals surface area contributed by atoms with Crippen molar-refractivity contribution in [2.75, 3.05) is 18.8 Å². The highest BCUT2D eigenvalue weighted by Crippen LogP contribution is 2.32. The first-order valence-corrected chi connectivity index (χ1v) is 7.03.